The largest absolute Gasteiger partial charge is 0.478 e. The van der Waals surface area contributed by atoms with Gasteiger partial charge in [-0.1, -0.05) is 36.4 Å². The van der Waals surface area contributed by atoms with Crippen molar-refractivity contribution in [2.45, 2.75) is 25.7 Å². The van der Waals surface area contributed by atoms with E-state index in [9.17, 15) is 9.90 Å². The molecule has 3 aromatic rings. The normalized spacial score (nSPS) is 14.4. The van der Waals surface area contributed by atoms with Gasteiger partial charge in [-0.25, -0.2) is 4.79 Å². The Hall–Kier alpha value is -2.56. The maximum atomic E-state index is 11.2. The summed E-state index contributed by atoms with van der Waals surface area (Å²) in [6.07, 6.45) is 8.74. The van der Waals surface area contributed by atoms with Crippen LogP contribution in [0.25, 0.3) is 16.5 Å². The van der Waals surface area contributed by atoms with Crippen LogP contribution in [0.2, 0.25) is 0 Å². The van der Waals surface area contributed by atoms with Gasteiger partial charge in [0.15, 0.2) is 0 Å². The molecule has 2 N–H and O–H groups in total. The fraction of sp³-hybridized carbons (Fsp3) is 0.292. The predicted molar refractivity (Wildman–Crippen MR) is 121 cm³/mol. The van der Waals surface area contributed by atoms with E-state index in [2.05, 4.69) is 46.3 Å². The minimum Gasteiger partial charge on any atom is -0.478 e. The van der Waals surface area contributed by atoms with Crippen LogP contribution in [0.3, 0.4) is 0 Å². The first-order valence-corrected chi connectivity index (χ1v) is 10.0. The number of nitrogens with zero attached hydrogens (tertiary/aromatic N) is 1. The first-order valence-electron chi connectivity index (χ1n) is 10.0. The molecule has 0 saturated heterocycles. The van der Waals surface area contributed by atoms with Crippen LogP contribution in [0.1, 0.15) is 40.7 Å². The monoisotopic (exact) mass is 410 g/mol. The molecule has 4 rings (SSSR count). The highest BCUT2D eigenvalue weighted by Gasteiger charge is 2.13. The Labute approximate surface area is 177 Å². The lowest BCUT2D eigenvalue weighted by Crippen LogP contribution is -2.29. The summed E-state index contributed by atoms with van der Waals surface area (Å²) < 4.78 is 0. The Morgan fingerprint density at radius 1 is 1.10 bits per heavy atom. The molecule has 0 unspecified atom stereocenters. The van der Waals surface area contributed by atoms with E-state index in [1.165, 1.54) is 16.7 Å². The second-order valence-electron chi connectivity index (χ2n) is 7.48. The minimum atomic E-state index is -0.873. The van der Waals surface area contributed by atoms with Gasteiger partial charge in [0.1, 0.15) is 0 Å². The molecule has 0 atom stereocenters. The maximum absolute atomic E-state index is 11.2. The maximum Gasteiger partial charge on any atom is 0.335 e. The molecule has 0 amide bonds. The number of rotatable bonds is 7. The Balaban J connectivity index is 0.00000240. The van der Waals surface area contributed by atoms with Crippen LogP contribution in [-0.2, 0) is 6.42 Å². The molecule has 4 nitrogen and oxygen atoms in total. The van der Waals surface area contributed by atoms with E-state index in [1.54, 1.807) is 12.1 Å². The van der Waals surface area contributed by atoms with Crippen LogP contribution in [0, 0.1) is 0 Å². The fourth-order valence-electron chi connectivity index (χ4n) is 4.00. The Kier molecular flexibility index (Phi) is 7.13. The zero-order valence-electron chi connectivity index (χ0n) is 16.4. The van der Waals surface area contributed by atoms with E-state index in [0.29, 0.717) is 5.56 Å². The summed E-state index contributed by atoms with van der Waals surface area (Å²) >= 11 is 0. The van der Waals surface area contributed by atoms with E-state index in [0.717, 1.165) is 56.2 Å². The van der Waals surface area contributed by atoms with Gasteiger partial charge >= 0.3 is 5.97 Å². The smallest absolute Gasteiger partial charge is 0.335 e. The van der Waals surface area contributed by atoms with Gasteiger partial charge in [-0.3, -0.25) is 4.90 Å². The molecular formula is C24H27ClN2O2. The number of carbonyl (C=O) groups is 1. The van der Waals surface area contributed by atoms with Crippen LogP contribution >= 0.6 is 12.4 Å². The molecule has 29 heavy (non-hydrogen) atoms. The molecule has 152 valence electrons. The molecule has 5 heteroatoms. The summed E-state index contributed by atoms with van der Waals surface area (Å²) in [6.45, 7) is 3.26. The van der Waals surface area contributed by atoms with E-state index in [-0.39, 0.29) is 12.4 Å². The number of aromatic amines is 1. The lowest BCUT2D eigenvalue weighted by atomic mass is 9.99. The van der Waals surface area contributed by atoms with Gasteiger partial charge in [0.05, 0.1) is 5.56 Å². The van der Waals surface area contributed by atoms with Crippen LogP contribution in [0.15, 0.2) is 60.8 Å². The van der Waals surface area contributed by atoms with E-state index in [4.69, 9.17) is 0 Å². The number of carboxylic acid groups (broad SMARTS) is 1. The highest BCUT2D eigenvalue weighted by Crippen LogP contribution is 2.23. The van der Waals surface area contributed by atoms with Crippen molar-refractivity contribution in [1.82, 2.24) is 9.88 Å². The topological polar surface area (TPSA) is 56.3 Å². The van der Waals surface area contributed by atoms with Gasteiger partial charge in [-0.15, -0.1) is 12.4 Å². The molecule has 0 aliphatic carbocycles. The summed E-state index contributed by atoms with van der Waals surface area (Å²) in [5.41, 5.74) is 5.38. The number of aromatic nitrogens is 1. The van der Waals surface area contributed by atoms with E-state index >= 15 is 0 Å². The first kappa shape index (κ1) is 21.2. The number of H-pyrrole nitrogens is 1. The number of unbranched alkanes of at least 4 members (excludes halogenated alkanes) is 1. The molecule has 2 aromatic carbocycles. The first-order chi connectivity index (χ1) is 13.7. The molecule has 0 bridgehead atoms. The fourth-order valence-corrected chi connectivity index (χ4v) is 4.00. The molecule has 0 spiro atoms. The highest BCUT2D eigenvalue weighted by molar-refractivity contribution is 5.94. The van der Waals surface area contributed by atoms with Crippen molar-refractivity contribution < 1.29 is 9.90 Å². The average Bonchev–Trinajstić information content (AvgIpc) is 3.14. The van der Waals surface area contributed by atoms with Crippen LogP contribution in [0.5, 0.6) is 0 Å². The molecule has 1 aliphatic rings. The zero-order valence-corrected chi connectivity index (χ0v) is 17.3. The Morgan fingerprint density at radius 3 is 2.66 bits per heavy atom. The van der Waals surface area contributed by atoms with Gasteiger partial charge in [-0.2, -0.15) is 0 Å². The van der Waals surface area contributed by atoms with Crippen LogP contribution < -0.4 is 0 Å². The second kappa shape index (κ2) is 9.77. The number of aromatic carboxylic acids is 1. The van der Waals surface area contributed by atoms with Crippen molar-refractivity contribution in [3.05, 3.63) is 77.5 Å². The summed E-state index contributed by atoms with van der Waals surface area (Å²) in [5.74, 6) is -0.873. The number of nitrogens with one attached hydrogen (secondary N) is 1. The van der Waals surface area contributed by atoms with Crippen molar-refractivity contribution in [3.8, 4) is 0 Å². The van der Waals surface area contributed by atoms with E-state index < -0.39 is 5.97 Å². The van der Waals surface area contributed by atoms with Gasteiger partial charge in [0.25, 0.3) is 0 Å². The van der Waals surface area contributed by atoms with Crippen LogP contribution in [0.4, 0.5) is 0 Å². The lowest BCUT2D eigenvalue weighted by Gasteiger charge is -2.26. The number of fused-ring (bicyclic) bond motifs is 1. The summed E-state index contributed by atoms with van der Waals surface area (Å²) in [4.78, 5) is 17.0. The third-order valence-electron chi connectivity index (χ3n) is 5.62. The van der Waals surface area contributed by atoms with E-state index in [1.807, 2.05) is 12.3 Å². The number of hydrogen-bond acceptors (Lipinski definition) is 2. The molecule has 1 aromatic heterocycles. The Bertz CT molecular complexity index is 995. The average molecular weight is 411 g/mol. The third-order valence-corrected chi connectivity index (χ3v) is 5.62. The van der Waals surface area contributed by atoms with Gasteiger partial charge in [0, 0.05) is 30.2 Å². The molecule has 2 heterocycles. The minimum absolute atomic E-state index is 0. The van der Waals surface area contributed by atoms with Crippen LogP contribution in [-0.4, -0.2) is 40.6 Å². The molecular weight excluding hydrogens is 384 g/mol. The second-order valence-corrected chi connectivity index (χ2v) is 7.48. The standard InChI is InChI=1S/C24H26N2O2.ClH/c27-24(28)20-9-10-23-22(16-20)21(17-25-23)8-4-5-13-26-14-11-19(12-15-26)18-6-2-1-3-7-18;/h1-3,6-7,9-11,16-17,25H,4-5,8,12-15H2,(H,27,28);1H. The van der Waals surface area contributed by atoms with Gasteiger partial charge in [0.2, 0.25) is 0 Å². The number of aryl methyl sites for hydroxylation is 1. The third kappa shape index (κ3) is 5.08. The zero-order chi connectivity index (χ0) is 19.3. The molecule has 0 saturated carbocycles. The molecule has 0 radical (unpaired) electrons. The number of benzene rings is 2. The van der Waals surface area contributed by atoms with Gasteiger partial charge in [-0.05, 0) is 67.1 Å². The van der Waals surface area contributed by atoms with Gasteiger partial charge < -0.3 is 10.1 Å². The summed E-state index contributed by atoms with van der Waals surface area (Å²) in [5, 5.41) is 10.2. The SMILES string of the molecule is Cl.O=C(O)c1ccc2[nH]cc(CCCCN3CC=C(c4ccccc4)CC3)c2c1. The summed E-state index contributed by atoms with van der Waals surface area (Å²) in [6, 6.07) is 15.9. The van der Waals surface area contributed by atoms with Crippen molar-refractivity contribution in [1.29, 1.82) is 0 Å². The Morgan fingerprint density at radius 2 is 1.93 bits per heavy atom. The number of halogens is 1. The lowest BCUT2D eigenvalue weighted by molar-refractivity contribution is 0.0697. The van der Waals surface area contributed by atoms with Crippen molar-refractivity contribution in [2.24, 2.45) is 0 Å². The highest BCUT2D eigenvalue weighted by atomic mass is 35.5. The van der Waals surface area contributed by atoms with Crippen molar-refractivity contribution in [2.75, 3.05) is 19.6 Å². The van der Waals surface area contributed by atoms with Crippen molar-refractivity contribution in [3.63, 3.8) is 0 Å². The number of hydrogen-bond donors (Lipinski definition) is 2. The molecule has 1 aliphatic heterocycles. The number of carboxylic acids is 1. The quantitative estimate of drug-likeness (QED) is 0.513. The molecule has 0 fully saturated rings. The summed E-state index contributed by atoms with van der Waals surface area (Å²) in [7, 11) is 0. The predicted octanol–water partition coefficient (Wildman–Crippen LogP) is 5.40. The van der Waals surface area contributed by atoms with Crippen molar-refractivity contribution >= 4 is 34.9 Å².